The van der Waals surface area contributed by atoms with Crippen molar-refractivity contribution in [2.45, 2.75) is 32.1 Å². The second-order valence-corrected chi connectivity index (χ2v) is 7.13. The minimum atomic E-state index is -0.205. The van der Waals surface area contributed by atoms with Crippen LogP contribution in [0.15, 0.2) is 29.3 Å². The number of rotatable bonds is 6. The molecule has 3 nitrogen and oxygen atoms in total. The van der Waals surface area contributed by atoms with E-state index in [1.165, 1.54) is 12.1 Å². The van der Waals surface area contributed by atoms with Crippen LogP contribution in [-0.2, 0) is 6.54 Å². The summed E-state index contributed by atoms with van der Waals surface area (Å²) in [6, 6.07) is 6.59. The zero-order chi connectivity index (χ0) is 15.9. The monoisotopic (exact) mass is 439 g/mol. The lowest BCUT2D eigenvalue weighted by molar-refractivity contribution is 0.474. The van der Waals surface area contributed by atoms with Crippen molar-refractivity contribution in [2.75, 3.05) is 26.4 Å². The molecule has 0 aliphatic rings. The first kappa shape index (κ1) is 21.5. The van der Waals surface area contributed by atoms with Crippen LogP contribution in [0.25, 0.3) is 0 Å². The molecule has 0 aliphatic carbocycles. The summed E-state index contributed by atoms with van der Waals surface area (Å²) in [7, 11) is 2.00. The summed E-state index contributed by atoms with van der Waals surface area (Å²) < 4.78 is 13.1. The smallest absolute Gasteiger partial charge is 0.194 e. The molecule has 1 aromatic rings. The lowest BCUT2D eigenvalue weighted by Crippen LogP contribution is -2.39. The second kappa shape index (κ2) is 10.3. The van der Waals surface area contributed by atoms with Gasteiger partial charge in [0.1, 0.15) is 5.82 Å². The molecule has 0 saturated heterocycles. The van der Waals surface area contributed by atoms with Crippen molar-refractivity contribution in [3.05, 3.63) is 35.6 Å². The van der Waals surface area contributed by atoms with Gasteiger partial charge >= 0.3 is 0 Å². The highest BCUT2D eigenvalue weighted by atomic mass is 127. The predicted molar refractivity (Wildman–Crippen MR) is 107 cm³/mol. The van der Waals surface area contributed by atoms with Gasteiger partial charge in [-0.1, -0.05) is 12.1 Å². The van der Waals surface area contributed by atoms with E-state index >= 15 is 0 Å². The third-order valence-electron chi connectivity index (χ3n) is 3.19. The Kier molecular flexibility index (Phi) is 10.1. The highest BCUT2D eigenvalue weighted by molar-refractivity contribution is 14.0. The molecule has 126 valence electrons. The van der Waals surface area contributed by atoms with E-state index in [0.29, 0.717) is 6.54 Å². The van der Waals surface area contributed by atoms with E-state index in [2.05, 4.69) is 37.2 Å². The van der Waals surface area contributed by atoms with Crippen LogP contribution < -0.4 is 5.32 Å². The summed E-state index contributed by atoms with van der Waals surface area (Å²) in [5.74, 6) is 0.674. The number of hydrogen-bond donors (Lipinski definition) is 1. The average molecular weight is 439 g/mol. The first-order chi connectivity index (χ1) is 9.88. The van der Waals surface area contributed by atoms with E-state index in [0.717, 1.165) is 24.6 Å². The van der Waals surface area contributed by atoms with Crippen molar-refractivity contribution in [3.63, 3.8) is 0 Å². The van der Waals surface area contributed by atoms with Gasteiger partial charge in [0.2, 0.25) is 0 Å². The fourth-order valence-corrected chi connectivity index (χ4v) is 1.93. The Hall–Kier alpha value is -0.500. The van der Waals surface area contributed by atoms with Crippen LogP contribution in [-0.4, -0.2) is 42.0 Å². The highest BCUT2D eigenvalue weighted by Crippen LogP contribution is 2.21. The second-order valence-electron chi connectivity index (χ2n) is 5.62. The van der Waals surface area contributed by atoms with Gasteiger partial charge in [0.05, 0.1) is 6.54 Å². The number of hydrogen-bond acceptors (Lipinski definition) is 2. The van der Waals surface area contributed by atoms with E-state index in [4.69, 9.17) is 4.99 Å². The van der Waals surface area contributed by atoms with Crippen LogP contribution in [0.1, 0.15) is 26.3 Å². The van der Waals surface area contributed by atoms with Crippen molar-refractivity contribution in [1.82, 2.24) is 10.2 Å². The molecule has 1 rings (SSSR count). The summed E-state index contributed by atoms with van der Waals surface area (Å²) in [4.78, 5) is 6.77. The van der Waals surface area contributed by atoms with E-state index in [1.54, 1.807) is 12.1 Å². The molecule has 0 unspecified atom stereocenters. The lowest BCUT2D eigenvalue weighted by Gasteiger charge is -2.25. The molecule has 1 aromatic carbocycles. The number of aliphatic imine (C=N–C) groups is 1. The Bertz CT molecular complexity index is 463. The van der Waals surface area contributed by atoms with E-state index in [9.17, 15) is 4.39 Å². The predicted octanol–water partition coefficient (Wildman–Crippen LogP) is 3.98. The molecule has 22 heavy (non-hydrogen) atoms. The maximum atomic E-state index is 12.9. The number of thioether (sulfide) groups is 1. The van der Waals surface area contributed by atoms with E-state index in [1.807, 2.05) is 18.8 Å². The molecule has 0 spiro atoms. The molecular weight excluding hydrogens is 412 g/mol. The van der Waals surface area contributed by atoms with Crippen molar-refractivity contribution < 1.29 is 4.39 Å². The Balaban J connectivity index is 0.00000441. The highest BCUT2D eigenvalue weighted by Gasteiger charge is 2.16. The van der Waals surface area contributed by atoms with Gasteiger partial charge in [-0.25, -0.2) is 4.39 Å². The zero-order valence-corrected chi connectivity index (χ0v) is 17.2. The molecular formula is C16H27FIN3S. The molecule has 0 heterocycles. The summed E-state index contributed by atoms with van der Waals surface area (Å²) in [5.41, 5.74) is 1.06. The molecule has 0 atom stereocenters. The van der Waals surface area contributed by atoms with Gasteiger partial charge in [-0.15, -0.1) is 24.0 Å². The fourth-order valence-electron chi connectivity index (χ4n) is 1.74. The number of nitrogens with zero attached hydrogens (tertiary/aromatic N) is 2. The zero-order valence-electron chi connectivity index (χ0n) is 14.0. The number of halogens is 2. The number of nitrogens with one attached hydrogen (secondary N) is 1. The molecule has 0 radical (unpaired) electrons. The Morgan fingerprint density at radius 3 is 2.41 bits per heavy atom. The first-order valence-corrected chi connectivity index (χ1v) is 8.39. The first-order valence-electron chi connectivity index (χ1n) is 7.17. The minimum Gasteiger partial charge on any atom is -0.357 e. The molecule has 0 aromatic heterocycles. The summed E-state index contributed by atoms with van der Waals surface area (Å²) in [6.07, 6.45) is 2.10. The molecule has 6 heteroatoms. The summed E-state index contributed by atoms with van der Waals surface area (Å²) >= 11 is 1.81. The van der Waals surface area contributed by atoms with Crippen LogP contribution in [0.3, 0.4) is 0 Å². The van der Waals surface area contributed by atoms with E-state index < -0.39 is 0 Å². The van der Waals surface area contributed by atoms with Gasteiger partial charge in [-0.3, -0.25) is 4.99 Å². The van der Waals surface area contributed by atoms with Gasteiger partial charge < -0.3 is 10.2 Å². The largest absolute Gasteiger partial charge is 0.357 e. The van der Waals surface area contributed by atoms with E-state index in [-0.39, 0.29) is 34.5 Å². The van der Waals surface area contributed by atoms with Crippen molar-refractivity contribution in [2.24, 2.45) is 4.99 Å². The Morgan fingerprint density at radius 1 is 1.32 bits per heavy atom. The number of benzene rings is 1. The topological polar surface area (TPSA) is 27.6 Å². The Morgan fingerprint density at radius 2 is 1.91 bits per heavy atom. The van der Waals surface area contributed by atoms with Crippen molar-refractivity contribution in [1.29, 1.82) is 0 Å². The maximum absolute atomic E-state index is 12.9. The van der Waals surface area contributed by atoms with Crippen molar-refractivity contribution in [3.8, 4) is 0 Å². The lowest BCUT2D eigenvalue weighted by atomic mass is 10.2. The minimum absolute atomic E-state index is 0. The molecule has 0 fully saturated rings. The van der Waals surface area contributed by atoms with Gasteiger partial charge in [-0.05, 0) is 44.7 Å². The number of guanidine groups is 1. The van der Waals surface area contributed by atoms with Gasteiger partial charge in [0.15, 0.2) is 5.96 Å². The molecule has 0 saturated carbocycles. The summed E-state index contributed by atoms with van der Waals surface area (Å²) in [6.45, 7) is 8.71. The fraction of sp³-hybridized carbons (Fsp3) is 0.562. The molecule has 0 amide bonds. The van der Waals surface area contributed by atoms with Crippen LogP contribution in [0.5, 0.6) is 0 Å². The van der Waals surface area contributed by atoms with Crippen LogP contribution in [0.4, 0.5) is 4.39 Å². The third-order valence-corrected chi connectivity index (χ3v) is 4.43. The standard InChI is InChI=1S/C16H26FN3S.HI/c1-6-18-15(19-12-16(2,3)21-5)20(4)11-13-7-9-14(17)10-8-13;/h7-10H,6,11-12H2,1-5H3,(H,18,19);1H. The van der Waals surface area contributed by atoms with Crippen LogP contribution >= 0.6 is 35.7 Å². The SMILES string of the molecule is CCNC(=NCC(C)(C)SC)N(C)Cc1ccc(F)cc1.I. The Labute approximate surface area is 155 Å². The molecule has 1 N–H and O–H groups in total. The molecule has 0 aliphatic heterocycles. The quantitative estimate of drug-likeness (QED) is 0.413. The van der Waals surface area contributed by atoms with Gasteiger partial charge in [-0.2, -0.15) is 11.8 Å². The summed E-state index contributed by atoms with van der Waals surface area (Å²) in [5, 5.41) is 3.30. The van der Waals surface area contributed by atoms with Crippen LogP contribution in [0, 0.1) is 5.82 Å². The van der Waals surface area contributed by atoms with Gasteiger partial charge in [0.25, 0.3) is 0 Å². The average Bonchev–Trinajstić information content (AvgIpc) is 2.45. The van der Waals surface area contributed by atoms with Gasteiger partial charge in [0, 0.05) is 24.9 Å². The maximum Gasteiger partial charge on any atom is 0.194 e. The van der Waals surface area contributed by atoms with Crippen molar-refractivity contribution >= 4 is 41.7 Å². The molecule has 0 bridgehead atoms. The third kappa shape index (κ3) is 7.67. The van der Waals surface area contributed by atoms with Crippen LogP contribution in [0.2, 0.25) is 0 Å². The normalized spacial score (nSPS) is 11.8.